The topological polar surface area (TPSA) is 52.0 Å². The minimum absolute atomic E-state index is 0. The van der Waals surface area contributed by atoms with E-state index in [0.717, 1.165) is 6.54 Å². The van der Waals surface area contributed by atoms with Gasteiger partial charge in [0, 0.05) is 38.2 Å². The van der Waals surface area contributed by atoms with Crippen molar-refractivity contribution < 1.29 is 32.7 Å². The van der Waals surface area contributed by atoms with Gasteiger partial charge in [-0.1, -0.05) is 90.5 Å². The van der Waals surface area contributed by atoms with E-state index in [0.29, 0.717) is 10.8 Å². The Labute approximate surface area is 176 Å². The van der Waals surface area contributed by atoms with Crippen LogP contribution in [-0.4, -0.2) is 12.1 Å². The third kappa shape index (κ3) is 39.6. The monoisotopic (exact) mass is 409 g/mol. The van der Waals surface area contributed by atoms with Gasteiger partial charge in [-0.2, -0.15) is 0 Å². The maximum absolute atomic E-state index is 5.81. The molecule has 0 saturated carbocycles. The molecule has 0 heterocycles. The zero-order valence-corrected chi connectivity index (χ0v) is 20.0. The van der Waals surface area contributed by atoms with Crippen molar-refractivity contribution in [2.75, 3.05) is 6.54 Å². The predicted molar refractivity (Wildman–Crippen MR) is 109 cm³/mol. The third-order valence-corrected chi connectivity index (χ3v) is 3.61. The van der Waals surface area contributed by atoms with Crippen molar-refractivity contribution in [3.05, 3.63) is 0 Å². The molecular formula is C20H52N2Y. The summed E-state index contributed by atoms with van der Waals surface area (Å²) in [5, 5.41) is 0. The van der Waals surface area contributed by atoms with Gasteiger partial charge in [0.2, 0.25) is 0 Å². The smallest absolute Gasteiger partial charge is 0.0146 e. The largest absolute Gasteiger partial charge is 0.330 e. The van der Waals surface area contributed by atoms with Crippen LogP contribution in [0.3, 0.4) is 0 Å². The minimum atomic E-state index is -0.0625. The Bertz CT molecular complexity index is 196. The van der Waals surface area contributed by atoms with Gasteiger partial charge in [0.15, 0.2) is 0 Å². The van der Waals surface area contributed by atoms with E-state index in [1.165, 1.54) is 6.42 Å². The molecule has 0 aliphatic carbocycles. The van der Waals surface area contributed by atoms with Crippen LogP contribution >= 0.6 is 0 Å². The first kappa shape index (κ1) is 39.2. The van der Waals surface area contributed by atoms with Crippen LogP contribution in [0.15, 0.2) is 0 Å². The van der Waals surface area contributed by atoms with Crippen molar-refractivity contribution in [2.24, 2.45) is 27.7 Å². The first-order chi connectivity index (χ1) is 8.37. The summed E-state index contributed by atoms with van der Waals surface area (Å²) < 4.78 is 0. The molecule has 0 aromatic carbocycles. The number of hydrogen-bond donors (Lipinski definition) is 2. The second-order valence-electron chi connectivity index (χ2n) is 9.65. The molecule has 0 amide bonds. The van der Waals surface area contributed by atoms with Crippen molar-refractivity contribution in [3.63, 3.8) is 0 Å². The summed E-state index contributed by atoms with van der Waals surface area (Å²) in [7, 11) is 0. The van der Waals surface area contributed by atoms with Crippen LogP contribution in [0.2, 0.25) is 0 Å². The zero-order chi connectivity index (χ0) is 17.4. The normalized spacial score (nSPS) is 11.2. The van der Waals surface area contributed by atoms with Crippen molar-refractivity contribution in [2.45, 2.75) is 110 Å². The molecule has 0 aliphatic rings. The molecule has 0 bridgehead atoms. The molecule has 4 N–H and O–H groups in total. The van der Waals surface area contributed by atoms with Crippen LogP contribution in [0.1, 0.15) is 104 Å². The molecule has 0 rings (SSSR count). The van der Waals surface area contributed by atoms with Crippen LogP contribution in [0.5, 0.6) is 0 Å². The molecule has 145 valence electrons. The third-order valence-electron chi connectivity index (χ3n) is 3.61. The van der Waals surface area contributed by atoms with Crippen molar-refractivity contribution >= 4 is 0 Å². The van der Waals surface area contributed by atoms with Gasteiger partial charge in [0.05, 0.1) is 0 Å². The quantitative estimate of drug-likeness (QED) is 0.481. The summed E-state index contributed by atoms with van der Waals surface area (Å²) in [4.78, 5) is 0. The molecule has 0 atom stereocenters. The summed E-state index contributed by atoms with van der Waals surface area (Å²) in [6.07, 6.45) is 1.27. The average Bonchev–Trinajstić information content (AvgIpc) is 2.14. The van der Waals surface area contributed by atoms with E-state index in [2.05, 4.69) is 69.2 Å². The van der Waals surface area contributed by atoms with E-state index in [-0.39, 0.29) is 58.5 Å². The summed E-state index contributed by atoms with van der Waals surface area (Å²) in [5.41, 5.74) is 12.1. The summed E-state index contributed by atoms with van der Waals surface area (Å²) >= 11 is 0. The molecule has 1 radical (unpaired) electrons. The molecule has 0 aliphatic heterocycles. The minimum Gasteiger partial charge on any atom is -0.330 e. The van der Waals surface area contributed by atoms with Crippen LogP contribution < -0.4 is 11.5 Å². The van der Waals surface area contributed by atoms with Gasteiger partial charge in [0.1, 0.15) is 0 Å². The summed E-state index contributed by atoms with van der Waals surface area (Å²) in [5.74, 6) is 0. The Hall–Kier alpha value is 1.02. The van der Waals surface area contributed by atoms with E-state index in [4.69, 9.17) is 11.5 Å². The molecule has 0 saturated heterocycles. The van der Waals surface area contributed by atoms with Crippen molar-refractivity contribution in [3.8, 4) is 0 Å². The second kappa shape index (κ2) is 15.3. The van der Waals surface area contributed by atoms with E-state index in [1.807, 2.05) is 13.8 Å². The van der Waals surface area contributed by atoms with Crippen LogP contribution in [-0.2, 0) is 32.7 Å². The number of hydrogen-bond acceptors (Lipinski definition) is 2. The Morgan fingerprint density at radius 3 is 0.783 bits per heavy atom. The molecule has 0 aromatic heterocycles. The van der Waals surface area contributed by atoms with Crippen LogP contribution in [0.25, 0.3) is 0 Å². The van der Waals surface area contributed by atoms with Crippen LogP contribution in [0.4, 0.5) is 0 Å². The van der Waals surface area contributed by atoms with Gasteiger partial charge in [0.25, 0.3) is 0 Å². The van der Waals surface area contributed by atoms with E-state index < -0.39 is 0 Å². The number of nitrogens with two attached hydrogens (primary N) is 2. The van der Waals surface area contributed by atoms with Crippen LogP contribution in [0, 0.1) is 16.2 Å². The van der Waals surface area contributed by atoms with Gasteiger partial charge in [-0.15, -0.1) is 0 Å². The van der Waals surface area contributed by atoms with Gasteiger partial charge in [-0.3, -0.25) is 0 Å². The fraction of sp³-hybridized carbons (Fsp3) is 1.00. The Balaban J connectivity index is -0.0000000448. The van der Waals surface area contributed by atoms with Crippen molar-refractivity contribution in [1.82, 2.24) is 0 Å². The molecule has 0 spiro atoms. The fourth-order valence-electron chi connectivity index (χ4n) is 0. The van der Waals surface area contributed by atoms with Gasteiger partial charge in [-0.25, -0.2) is 0 Å². The molecular weight excluding hydrogens is 357 g/mol. The zero-order valence-electron chi connectivity index (χ0n) is 17.1. The predicted octanol–water partition coefficient (Wildman–Crippen LogP) is 6.47. The Morgan fingerprint density at radius 2 is 0.783 bits per heavy atom. The van der Waals surface area contributed by atoms with Crippen molar-refractivity contribution in [1.29, 1.82) is 0 Å². The average molecular weight is 410 g/mol. The first-order valence-electron chi connectivity index (χ1n) is 7.86. The Kier molecular flexibility index (Phi) is 26.1. The maximum Gasteiger partial charge on any atom is 0.0146 e. The second-order valence-corrected chi connectivity index (χ2v) is 9.65. The van der Waals surface area contributed by atoms with E-state index in [9.17, 15) is 0 Å². The fourth-order valence-corrected chi connectivity index (χ4v) is 0. The molecule has 0 fully saturated rings. The van der Waals surface area contributed by atoms with E-state index in [1.54, 1.807) is 0 Å². The molecule has 2 nitrogen and oxygen atoms in total. The molecule has 3 heteroatoms. The standard InChI is InChI=1S/C7H17N.C6H14.C5H13N.2CH4.Y/c1-6(2,3)7(4,5)8;1-5-6(2,3)4;1-5(2,3)4-6;;;/h8H2,1-5H3;5H2,1-4H3;4,6H2,1-3H3;2*1H4;. The Morgan fingerprint density at radius 1 is 0.652 bits per heavy atom. The molecule has 23 heavy (non-hydrogen) atoms. The first-order valence-corrected chi connectivity index (χ1v) is 7.86. The van der Waals surface area contributed by atoms with Gasteiger partial charge < -0.3 is 11.5 Å². The number of rotatable bonds is 0. The maximum atomic E-state index is 5.81. The summed E-state index contributed by atoms with van der Waals surface area (Å²) in [6, 6.07) is 0. The SMILES string of the molecule is C.C.CC(C)(C)C(C)(C)N.CC(C)(C)CN.CCC(C)(C)C.[Y]. The molecule has 0 unspecified atom stereocenters. The summed E-state index contributed by atoms with van der Waals surface area (Å²) in [6.45, 7) is 26.6. The van der Waals surface area contributed by atoms with E-state index >= 15 is 0 Å². The van der Waals surface area contributed by atoms with Gasteiger partial charge in [-0.05, 0) is 36.6 Å². The molecule has 0 aromatic rings. The van der Waals surface area contributed by atoms with Gasteiger partial charge >= 0.3 is 0 Å².